The first kappa shape index (κ1) is 19.9. The Labute approximate surface area is 183 Å². The van der Waals surface area contributed by atoms with Crippen LogP contribution in [0.3, 0.4) is 0 Å². The molecule has 0 radical (unpaired) electrons. The van der Waals surface area contributed by atoms with Crippen LogP contribution in [0.25, 0.3) is 0 Å². The minimum Gasteiger partial charge on any atom is -0.489 e. The van der Waals surface area contributed by atoms with Crippen LogP contribution in [-0.2, 0) is 6.61 Å². The van der Waals surface area contributed by atoms with Crippen molar-refractivity contribution in [2.45, 2.75) is 13.5 Å². The fourth-order valence-corrected chi connectivity index (χ4v) is 3.06. The fourth-order valence-electron chi connectivity index (χ4n) is 2.79. The van der Waals surface area contributed by atoms with E-state index in [4.69, 9.17) is 9.47 Å². The van der Waals surface area contributed by atoms with Gasteiger partial charge in [-0.15, -0.1) is 0 Å². The lowest BCUT2D eigenvalue weighted by Crippen LogP contribution is -1.99. The summed E-state index contributed by atoms with van der Waals surface area (Å²) < 4.78 is 12.4. The number of hydrogen-bond donors (Lipinski definition) is 1. The second kappa shape index (κ2) is 9.41. The van der Waals surface area contributed by atoms with E-state index in [9.17, 15) is 0 Å². The molecule has 0 unspecified atom stereocenters. The summed E-state index contributed by atoms with van der Waals surface area (Å²) in [6.07, 6.45) is 1.66. The number of aromatic nitrogens is 2. The third kappa shape index (κ3) is 5.36. The Hall–Kier alpha value is -3.38. The SMILES string of the molecule is Cc1cccc(Nc2ncc(Br)c(Oc3ccc(OCc4ccccc4)cc3)n2)c1. The number of anilines is 2. The maximum atomic E-state index is 5.94. The molecule has 0 atom stereocenters. The summed E-state index contributed by atoms with van der Waals surface area (Å²) in [5.74, 6) is 2.32. The first-order chi connectivity index (χ1) is 14.7. The van der Waals surface area contributed by atoms with Gasteiger partial charge in [0, 0.05) is 5.69 Å². The van der Waals surface area contributed by atoms with Crippen LogP contribution in [0.15, 0.2) is 89.5 Å². The smallest absolute Gasteiger partial charge is 0.238 e. The highest BCUT2D eigenvalue weighted by atomic mass is 79.9. The van der Waals surface area contributed by atoms with Gasteiger partial charge in [0.1, 0.15) is 18.1 Å². The van der Waals surface area contributed by atoms with Gasteiger partial charge >= 0.3 is 0 Å². The highest BCUT2D eigenvalue weighted by Gasteiger charge is 2.09. The Morgan fingerprint density at radius 1 is 0.900 bits per heavy atom. The maximum absolute atomic E-state index is 5.94. The molecule has 0 aliphatic carbocycles. The second-order valence-electron chi connectivity index (χ2n) is 6.69. The third-order valence-electron chi connectivity index (χ3n) is 4.27. The van der Waals surface area contributed by atoms with E-state index < -0.39 is 0 Å². The summed E-state index contributed by atoms with van der Waals surface area (Å²) in [5.41, 5.74) is 3.20. The van der Waals surface area contributed by atoms with Crippen LogP contribution in [0.4, 0.5) is 11.6 Å². The molecule has 30 heavy (non-hydrogen) atoms. The predicted octanol–water partition coefficient (Wildman–Crippen LogP) is 6.66. The number of rotatable bonds is 7. The van der Waals surface area contributed by atoms with Crippen LogP contribution in [-0.4, -0.2) is 9.97 Å². The van der Waals surface area contributed by atoms with Gasteiger partial charge in [0.05, 0.1) is 10.7 Å². The summed E-state index contributed by atoms with van der Waals surface area (Å²) in [6.45, 7) is 2.56. The first-order valence-corrected chi connectivity index (χ1v) is 10.3. The Balaban J connectivity index is 1.42. The zero-order chi connectivity index (χ0) is 20.8. The van der Waals surface area contributed by atoms with Crippen LogP contribution in [0.1, 0.15) is 11.1 Å². The molecule has 0 bridgehead atoms. The lowest BCUT2D eigenvalue weighted by Gasteiger charge is -2.11. The number of aryl methyl sites for hydroxylation is 1. The number of benzene rings is 3. The molecule has 0 aliphatic heterocycles. The Bertz CT molecular complexity index is 1120. The van der Waals surface area contributed by atoms with Crippen molar-refractivity contribution in [3.63, 3.8) is 0 Å². The van der Waals surface area contributed by atoms with Crippen molar-refractivity contribution < 1.29 is 9.47 Å². The van der Waals surface area contributed by atoms with Gasteiger partial charge in [-0.3, -0.25) is 0 Å². The van der Waals surface area contributed by atoms with E-state index in [1.54, 1.807) is 6.20 Å². The third-order valence-corrected chi connectivity index (χ3v) is 4.82. The minimum absolute atomic E-state index is 0.429. The zero-order valence-corrected chi connectivity index (χ0v) is 18.0. The summed E-state index contributed by atoms with van der Waals surface area (Å²) in [6, 6.07) is 25.5. The summed E-state index contributed by atoms with van der Waals surface area (Å²) in [4.78, 5) is 8.77. The molecule has 4 rings (SSSR count). The highest BCUT2D eigenvalue weighted by Crippen LogP contribution is 2.30. The maximum Gasteiger partial charge on any atom is 0.238 e. The minimum atomic E-state index is 0.429. The van der Waals surface area contributed by atoms with Gasteiger partial charge in [-0.25, -0.2) is 4.98 Å². The molecular weight excluding hydrogens is 442 g/mol. The van der Waals surface area contributed by atoms with E-state index in [-0.39, 0.29) is 0 Å². The standard InChI is InChI=1S/C24H20BrN3O2/c1-17-6-5-9-19(14-17)27-24-26-15-22(25)23(28-24)30-21-12-10-20(11-13-21)29-16-18-7-3-2-4-8-18/h2-15H,16H2,1H3,(H,26,27,28). The average molecular weight is 462 g/mol. The van der Waals surface area contributed by atoms with E-state index in [1.807, 2.05) is 85.8 Å². The van der Waals surface area contributed by atoms with Crippen molar-refractivity contribution in [2.24, 2.45) is 0 Å². The van der Waals surface area contributed by atoms with Crippen molar-refractivity contribution in [3.05, 3.63) is 101 Å². The van der Waals surface area contributed by atoms with Crippen LogP contribution >= 0.6 is 15.9 Å². The van der Waals surface area contributed by atoms with Crippen molar-refractivity contribution in [1.82, 2.24) is 9.97 Å². The van der Waals surface area contributed by atoms with Crippen molar-refractivity contribution >= 4 is 27.6 Å². The van der Waals surface area contributed by atoms with Gasteiger partial charge in [-0.2, -0.15) is 4.98 Å². The predicted molar refractivity (Wildman–Crippen MR) is 121 cm³/mol. The van der Waals surface area contributed by atoms with Crippen LogP contribution in [0.5, 0.6) is 17.4 Å². The van der Waals surface area contributed by atoms with Crippen LogP contribution in [0, 0.1) is 6.92 Å². The molecule has 0 aliphatic rings. The van der Waals surface area contributed by atoms with Gasteiger partial charge in [0.2, 0.25) is 11.8 Å². The number of hydrogen-bond acceptors (Lipinski definition) is 5. The number of halogens is 1. The molecule has 0 spiro atoms. The number of nitrogens with one attached hydrogen (secondary N) is 1. The van der Waals surface area contributed by atoms with E-state index >= 15 is 0 Å². The molecule has 1 aromatic heterocycles. The largest absolute Gasteiger partial charge is 0.489 e. The lowest BCUT2D eigenvalue weighted by molar-refractivity contribution is 0.305. The van der Waals surface area contributed by atoms with Crippen molar-refractivity contribution in [2.75, 3.05) is 5.32 Å². The molecule has 3 aromatic carbocycles. The normalized spacial score (nSPS) is 10.5. The van der Waals surface area contributed by atoms with Gasteiger partial charge < -0.3 is 14.8 Å². The molecule has 150 valence electrons. The van der Waals surface area contributed by atoms with Crippen molar-refractivity contribution in [1.29, 1.82) is 0 Å². The highest BCUT2D eigenvalue weighted by molar-refractivity contribution is 9.10. The molecule has 0 fully saturated rings. The molecule has 1 heterocycles. The molecular formula is C24H20BrN3O2. The quantitative estimate of drug-likeness (QED) is 0.333. The molecule has 1 N–H and O–H groups in total. The summed E-state index contributed by atoms with van der Waals surface area (Å²) in [7, 11) is 0. The van der Waals surface area contributed by atoms with E-state index in [0.29, 0.717) is 28.7 Å². The van der Waals surface area contributed by atoms with Gasteiger partial charge in [0.15, 0.2) is 0 Å². The molecule has 0 saturated carbocycles. The van der Waals surface area contributed by atoms with Crippen LogP contribution < -0.4 is 14.8 Å². The Kier molecular flexibility index (Phi) is 6.25. The summed E-state index contributed by atoms with van der Waals surface area (Å²) >= 11 is 3.45. The molecule has 5 nitrogen and oxygen atoms in total. The van der Waals surface area contributed by atoms with Gasteiger partial charge in [0.25, 0.3) is 0 Å². The zero-order valence-electron chi connectivity index (χ0n) is 16.4. The average Bonchev–Trinajstić information content (AvgIpc) is 2.76. The monoisotopic (exact) mass is 461 g/mol. The van der Waals surface area contributed by atoms with Gasteiger partial charge in [-0.1, -0.05) is 42.5 Å². The lowest BCUT2D eigenvalue weighted by atomic mass is 10.2. The summed E-state index contributed by atoms with van der Waals surface area (Å²) in [5, 5.41) is 3.20. The van der Waals surface area contributed by atoms with Crippen molar-refractivity contribution in [3.8, 4) is 17.4 Å². The fraction of sp³-hybridized carbons (Fsp3) is 0.0833. The number of ether oxygens (including phenoxy) is 2. The van der Waals surface area contributed by atoms with E-state index in [0.717, 1.165) is 22.6 Å². The van der Waals surface area contributed by atoms with Crippen LogP contribution in [0.2, 0.25) is 0 Å². The topological polar surface area (TPSA) is 56.3 Å². The van der Waals surface area contributed by atoms with E-state index in [1.165, 1.54) is 0 Å². The molecule has 0 saturated heterocycles. The van der Waals surface area contributed by atoms with Gasteiger partial charge in [-0.05, 0) is 70.4 Å². The van der Waals surface area contributed by atoms with E-state index in [2.05, 4.69) is 31.2 Å². The molecule has 4 aromatic rings. The Morgan fingerprint density at radius 2 is 1.67 bits per heavy atom. The Morgan fingerprint density at radius 3 is 2.43 bits per heavy atom. The molecule has 0 amide bonds. The second-order valence-corrected chi connectivity index (χ2v) is 7.54. The molecule has 6 heteroatoms. The number of nitrogens with zero attached hydrogens (tertiary/aromatic N) is 2. The first-order valence-electron chi connectivity index (χ1n) is 9.46.